The predicted octanol–water partition coefficient (Wildman–Crippen LogP) is 3.39. The molecule has 0 N–H and O–H groups in total. The maximum absolute atomic E-state index is 5.44. The molecule has 0 aliphatic carbocycles. The van der Waals surface area contributed by atoms with Gasteiger partial charge in [0.2, 0.25) is 0 Å². The Kier molecular flexibility index (Phi) is 3.11. The Balaban J connectivity index is 2.39. The van der Waals surface area contributed by atoms with Gasteiger partial charge in [0.25, 0.3) is 6.61 Å². The Labute approximate surface area is 90.4 Å². The van der Waals surface area contributed by atoms with E-state index < -0.39 is 0 Å². The van der Waals surface area contributed by atoms with E-state index in [0.29, 0.717) is 0 Å². The molecule has 1 heterocycles. The van der Waals surface area contributed by atoms with Crippen LogP contribution >= 0.6 is 20.7 Å². The molecule has 1 aromatic heterocycles. The molecule has 0 radical (unpaired) electrons. The normalized spacial score (nSPS) is 11.9. The highest BCUT2D eigenvalue weighted by Crippen LogP contribution is 2.24. The summed E-state index contributed by atoms with van der Waals surface area (Å²) in [6, 6.07) is 12.5. The van der Waals surface area contributed by atoms with E-state index in [2.05, 4.69) is 30.3 Å². The van der Waals surface area contributed by atoms with Crippen molar-refractivity contribution in [2.45, 2.75) is 6.92 Å². The van der Waals surface area contributed by atoms with Crippen LogP contribution in [-0.2, 0) is 0 Å². The van der Waals surface area contributed by atoms with Gasteiger partial charge < -0.3 is 0 Å². The Morgan fingerprint density at radius 1 is 1.14 bits per heavy atom. The van der Waals surface area contributed by atoms with Crippen LogP contribution in [0.2, 0.25) is 0 Å². The van der Waals surface area contributed by atoms with E-state index in [0.717, 1.165) is 11.3 Å². The zero-order valence-electron chi connectivity index (χ0n) is 7.90. The van der Waals surface area contributed by atoms with E-state index in [4.69, 9.17) is 4.42 Å². The smallest absolute Gasteiger partial charge is 0.244 e. The third-order valence-corrected chi connectivity index (χ3v) is 4.11. The fourth-order valence-electron chi connectivity index (χ4n) is 1.18. The predicted molar refractivity (Wildman–Crippen MR) is 64.4 cm³/mol. The van der Waals surface area contributed by atoms with Gasteiger partial charge in [-0.15, -0.1) is 0 Å². The first-order valence-electron chi connectivity index (χ1n) is 4.51. The van der Waals surface area contributed by atoms with Gasteiger partial charge in [0.05, 0.1) is 10.9 Å². The van der Waals surface area contributed by atoms with Gasteiger partial charge in [-0.1, -0.05) is 40.7 Å². The number of hydrogen-bond acceptors (Lipinski definition) is 2. The highest BCUT2D eigenvalue weighted by molar-refractivity contribution is 7.69. The molecule has 3 heteroatoms. The van der Waals surface area contributed by atoms with Crippen LogP contribution in [0.25, 0.3) is 10.4 Å². The third kappa shape index (κ3) is 2.11. The van der Waals surface area contributed by atoms with Crippen LogP contribution in [0.1, 0.15) is 6.92 Å². The summed E-state index contributed by atoms with van der Waals surface area (Å²) in [6.07, 6.45) is 0. The van der Waals surface area contributed by atoms with Crippen molar-refractivity contribution in [1.29, 1.82) is 0 Å². The lowest BCUT2D eigenvalue weighted by molar-refractivity contribution is 1.27. The Morgan fingerprint density at radius 2 is 1.93 bits per heavy atom. The highest BCUT2D eigenvalue weighted by Gasteiger charge is 2.04. The van der Waals surface area contributed by atoms with E-state index in [1.165, 1.54) is 10.4 Å². The lowest BCUT2D eigenvalue weighted by Crippen LogP contribution is -1.90. The molecule has 2 rings (SSSR count). The minimum Gasteiger partial charge on any atom is -0.244 e. The average molecular weight is 223 g/mol. The summed E-state index contributed by atoms with van der Waals surface area (Å²) in [7, 11) is 3.45. The molecule has 0 bridgehead atoms. The van der Waals surface area contributed by atoms with Gasteiger partial charge in [-0.25, -0.2) is 4.42 Å². The summed E-state index contributed by atoms with van der Waals surface area (Å²) in [5.41, 5.74) is 1.26. The second-order valence-corrected chi connectivity index (χ2v) is 4.97. The minimum atomic E-state index is 0.738. The standard InChI is InChI=1S/C11H11OS2/c1-2-12-11-8-10(13-14-11)9-6-4-3-5-7-9/h3-8H,2H2,1H3/q+1. The molecule has 0 aliphatic rings. The van der Waals surface area contributed by atoms with Crippen LogP contribution in [0, 0.1) is 0 Å². The molecule has 0 saturated heterocycles. The van der Waals surface area contributed by atoms with Crippen LogP contribution in [0.5, 0.6) is 0 Å². The van der Waals surface area contributed by atoms with Crippen molar-refractivity contribution in [1.82, 2.24) is 0 Å². The van der Waals surface area contributed by atoms with E-state index in [9.17, 15) is 0 Å². The van der Waals surface area contributed by atoms with E-state index in [1.807, 2.05) is 13.0 Å². The molecular formula is C11H11OS2+. The summed E-state index contributed by atoms with van der Waals surface area (Å²) in [5.74, 6) is 0. The van der Waals surface area contributed by atoms with Crippen molar-refractivity contribution in [3.05, 3.63) is 45.6 Å². The number of benzene rings is 1. The maximum Gasteiger partial charge on any atom is 0.412 e. The lowest BCUT2D eigenvalue weighted by Gasteiger charge is -1.91. The molecule has 0 spiro atoms. The van der Waals surface area contributed by atoms with E-state index in [1.54, 1.807) is 20.7 Å². The van der Waals surface area contributed by atoms with Crippen molar-refractivity contribution >= 4 is 20.7 Å². The summed E-state index contributed by atoms with van der Waals surface area (Å²) in [4.78, 5) is 1.28. The van der Waals surface area contributed by atoms with E-state index >= 15 is 0 Å². The van der Waals surface area contributed by atoms with Gasteiger partial charge in [0.1, 0.15) is 0 Å². The van der Waals surface area contributed by atoms with Crippen LogP contribution in [0.3, 0.4) is 0 Å². The second-order valence-electron chi connectivity index (χ2n) is 2.79. The zero-order chi connectivity index (χ0) is 9.80. The fraction of sp³-hybridized carbons (Fsp3) is 0.182. The van der Waals surface area contributed by atoms with Gasteiger partial charge >= 0.3 is 4.74 Å². The molecule has 2 aromatic rings. The van der Waals surface area contributed by atoms with Crippen molar-refractivity contribution < 1.29 is 0 Å². The van der Waals surface area contributed by atoms with Gasteiger partial charge in [-0.3, -0.25) is 0 Å². The highest BCUT2D eigenvalue weighted by atomic mass is 32.9. The molecule has 72 valence electrons. The first-order chi connectivity index (χ1) is 6.90. The van der Waals surface area contributed by atoms with Gasteiger partial charge in [-0.2, -0.15) is 0 Å². The van der Waals surface area contributed by atoms with Gasteiger partial charge in [-0.05, 0) is 5.56 Å². The minimum absolute atomic E-state index is 0.738. The van der Waals surface area contributed by atoms with Crippen molar-refractivity contribution in [3.8, 4) is 10.4 Å². The first kappa shape index (κ1) is 9.62. The average Bonchev–Trinajstić information content (AvgIpc) is 2.68. The largest absolute Gasteiger partial charge is 0.412 e. The van der Waals surface area contributed by atoms with Gasteiger partial charge in [0.15, 0.2) is 0 Å². The molecule has 0 fully saturated rings. The summed E-state index contributed by atoms with van der Waals surface area (Å²) < 4.78 is 6.45. The van der Waals surface area contributed by atoms with Gasteiger partial charge in [0, 0.05) is 17.3 Å². The summed E-state index contributed by atoms with van der Waals surface area (Å²) >= 11 is 0. The molecule has 0 aliphatic heterocycles. The topological polar surface area (TPSA) is 11.3 Å². The van der Waals surface area contributed by atoms with Crippen molar-refractivity contribution in [2.24, 2.45) is 0 Å². The third-order valence-electron chi connectivity index (χ3n) is 1.81. The van der Waals surface area contributed by atoms with Crippen LogP contribution in [0.4, 0.5) is 0 Å². The van der Waals surface area contributed by atoms with Crippen LogP contribution in [-0.4, -0.2) is 6.61 Å². The number of rotatable bonds is 2. The van der Waals surface area contributed by atoms with Crippen LogP contribution in [0.15, 0.2) is 40.8 Å². The Bertz CT molecular complexity index is 453. The van der Waals surface area contributed by atoms with E-state index in [-0.39, 0.29) is 0 Å². The fourth-order valence-corrected chi connectivity index (χ4v) is 3.39. The molecule has 1 nitrogen and oxygen atoms in total. The summed E-state index contributed by atoms with van der Waals surface area (Å²) in [6.45, 7) is 2.74. The molecule has 0 atom stereocenters. The molecular weight excluding hydrogens is 212 g/mol. The molecule has 0 amide bonds. The maximum atomic E-state index is 5.44. The lowest BCUT2D eigenvalue weighted by atomic mass is 10.2. The molecule has 14 heavy (non-hydrogen) atoms. The second kappa shape index (κ2) is 4.53. The first-order valence-corrected chi connectivity index (χ1v) is 6.66. The zero-order valence-corrected chi connectivity index (χ0v) is 9.53. The van der Waals surface area contributed by atoms with Crippen LogP contribution < -0.4 is 4.74 Å². The SMILES string of the molecule is CC[O+]=c1cc(-c2ccccc2)ss1. The Hall–Kier alpha value is -0.930. The monoisotopic (exact) mass is 223 g/mol. The molecule has 1 aromatic carbocycles. The molecule has 0 saturated carbocycles. The molecule has 0 unspecified atom stereocenters. The van der Waals surface area contributed by atoms with Crippen molar-refractivity contribution in [3.63, 3.8) is 0 Å². The quantitative estimate of drug-likeness (QED) is 0.546. The Morgan fingerprint density at radius 3 is 2.64 bits per heavy atom. The van der Waals surface area contributed by atoms with Crippen molar-refractivity contribution in [2.75, 3.05) is 6.61 Å². The summed E-state index contributed by atoms with van der Waals surface area (Å²) in [5, 5.41) is 0. The number of hydrogen-bond donors (Lipinski definition) is 0.